The normalized spacial score (nSPS) is 12.8. The molecular weight excluding hydrogens is 424 g/mol. The first-order chi connectivity index (χ1) is 14.1. The van der Waals surface area contributed by atoms with Crippen molar-refractivity contribution in [3.63, 3.8) is 0 Å². The summed E-state index contributed by atoms with van der Waals surface area (Å²) in [6.07, 6.45) is 1.67. The number of carbonyl (C=O) groups excluding carboxylic acids is 1. The molecule has 2 aromatic carbocycles. The number of hydrogen-bond acceptors (Lipinski definition) is 4. The Morgan fingerprint density at radius 3 is 2.23 bits per heavy atom. The summed E-state index contributed by atoms with van der Waals surface area (Å²) in [4.78, 5) is 12.4. The topological polar surface area (TPSA) is 75.7 Å². The van der Waals surface area contributed by atoms with Gasteiger partial charge in [-0.1, -0.05) is 23.7 Å². The van der Waals surface area contributed by atoms with E-state index in [0.717, 1.165) is 28.5 Å². The molecule has 0 bridgehead atoms. The predicted octanol–water partition coefficient (Wildman–Crippen LogP) is 3.89. The van der Waals surface area contributed by atoms with Crippen LogP contribution < -0.4 is 10.1 Å². The minimum absolute atomic E-state index is 0.0873. The lowest BCUT2D eigenvalue weighted by atomic mass is 10.1. The zero-order valence-corrected chi connectivity index (χ0v) is 19.3. The molecule has 0 saturated heterocycles. The van der Waals surface area contributed by atoms with Crippen LogP contribution in [0.5, 0.6) is 5.75 Å². The number of halogens is 1. The van der Waals surface area contributed by atoms with E-state index in [4.69, 9.17) is 16.3 Å². The molecule has 0 fully saturated rings. The summed E-state index contributed by atoms with van der Waals surface area (Å²) < 4.78 is 31.8. The highest BCUT2D eigenvalue weighted by Crippen LogP contribution is 2.18. The number of benzene rings is 2. The molecule has 1 unspecified atom stereocenters. The molecule has 0 aliphatic rings. The number of aryl methyl sites for hydroxylation is 1. The molecule has 2 rings (SSSR count). The van der Waals surface area contributed by atoms with Gasteiger partial charge < -0.3 is 10.1 Å². The summed E-state index contributed by atoms with van der Waals surface area (Å²) in [5, 5.41) is 3.31. The van der Waals surface area contributed by atoms with E-state index in [9.17, 15) is 13.2 Å². The van der Waals surface area contributed by atoms with Crippen molar-refractivity contribution in [2.75, 3.05) is 13.6 Å². The van der Waals surface area contributed by atoms with Gasteiger partial charge >= 0.3 is 0 Å². The van der Waals surface area contributed by atoms with Gasteiger partial charge in [-0.2, -0.15) is 4.31 Å². The molecule has 0 aromatic heterocycles. The molecule has 0 spiro atoms. The quantitative estimate of drug-likeness (QED) is 0.593. The van der Waals surface area contributed by atoms with Gasteiger partial charge in [0.2, 0.25) is 15.9 Å². The second-order valence-corrected chi connectivity index (χ2v) is 10.0. The summed E-state index contributed by atoms with van der Waals surface area (Å²) in [6, 6.07) is 13.7. The fraction of sp³-hybridized carbons (Fsp3) is 0.409. The number of nitrogens with zero attached hydrogens (tertiary/aromatic N) is 1. The van der Waals surface area contributed by atoms with E-state index < -0.39 is 10.0 Å². The molecule has 0 radical (unpaired) electrons. The summed E-state index contributed by atoms with van der Waals surface area (Å²) >= 11 is 5.81. The Kier molecular flexibility index (Phi) is 8.70. The average molecular weight is 453 g/mol. The Morgan fingerprint density at radius 1 is 1.07 bits per heavy atom. The summed E-state index contributed by atoms with van der Waals surface area (Å²) in [5.41, 5.74) is 1.15. The fourth-order valence-electron chi connectivity index (χ4n) is 2.86. The molecule has 0 aliphatic carbocycles. The molecule has 1 amide bonds. The maximum absolute atomic E-state index is 12.6. The van der Waals surface area contributed by atoms with Crippen LogP contribution in [-0.4, -0.2) is 44.4 Å². The van der Waals surface area contributed by atoms with E-state index in [1.807, 2.05) is 45.0 Å². The first kappa shape index (κ1) is 24.2. The van der Waals surface area contributed by atoms with E-state index in [-0.39, 0.29) is 29.5 Å². The second kappa shape index (κ2) is 10.8. The van der Waals surface area contributed by atoms with Gasteiger partial charge in [-0.25, -0.2) is 8.42 Å². The Balaban J connectivity index is 1.83. The van der Waals surface area contributed by atoms with E-state index in [0.29, 0.717) is 5.02 Å². The van der Waals surface area contributed by atoms with Crippen LogP contribution in [0.1, 0.15) is 32.8 Å². The molecule has 0 saturated carbocycles. The van der Waals surface area contributed by atoms with E-state index in [1.54, 1.807) is 0 Å². The number of likely N-dealkylation sites (N-methyl/N-ethyl adjacent to an activating group) is 1. The smallest absolute Gasteiger partial charge is 0.243 e. The summed E-state index contributed by atoms with van der Waals surface area (Å²) in [7, 11) is -2.37. The van der Waals surface area contributed by atoms with Crippen LogP contribution in [0.3, 0.4) is 0 Å². The third kappa shape index (κ3) is 7.31. The SMILES string of the molecule is CC(CCc1ccc(OC(C)C)cc1)NC(=O)CN(C)S(=O)(=O)c1ccc(Cl)cc1. The lowest BCUT2D eigenvalue weighted by Gasteiger charge is -2.19. The highest BCUT2D eigenvalue weighted by molar-refractivity contribution is 7.89. The molecule has 2 aromatic rings. The molecule has 6 nitrogen and oxygen atoms in total. The van der Waals surface area contributed by atoms with Crippen molar-refractivity contribution >= 4 is 27.5 Å². The Labute approximate surface area is 184 Å². The minimum atomic E-state index is -3.75. The second-order valence-electron chi connectivity index (χ2n) is 7.53. The maximum Gasteiger partial charge on any atom is 0.243 e. The van der Waals surface area contributed by atoms with Gasteiger partial charge in [-0.15, -0.1) is 0 Å². The minimum Gasteiger partial charge on any atom is -0.491 e. The molecule has 0 aliphatic heterocycles. The maximum atomic E-state index is 12.6. The van der Waals surface area contributed by atoms with Crippen molar-refractivity contribution in [2.24, 2.45) is 0 Å². The monoisotopic (exact) mass is 452 g/mol. The largest absolute Gasteiger partial charge is 0.491 e. The zero-order chi connectivity index (χ0) is 22.3. The van der Waals surface area contributed by atoms with Crippen molar-refractivity contribution < 1.29 is 17.9 Å². The Morgan fingerprint density at radius 2 is 1.67 bits per heavy atom. The van der Waals surface area contributed by atoms with Crippen LogP contribution in [0.2, 0.25) is 5.02 Å². The van der Waals surface area contributed by atoms with Crippen LogP contribution in [0.25, 0.3) is 0 Å². The first-order valence-electron chi connectivity index (χ1n) is 9.85. The third-order valence-electron chi connectivity index (χ3n) is 4.46. The zero-order valence-electron chi connectivity index (χ0n) is 17.8. The number of rotatable bonds is 10. The molecule has 0 heterocycles. The third-order valence-corrected chi connectivity index (χ3v) is 6.53. The Bertz CT molecular complexity index is 929. The van der Waals surface area contributed by atoms with Crippen molar-refractivity contribution in [3.8, 4) is 5.75 Å². The van der Waals surface area contributed by atoms with Gasteiger partial charge in [0.1, 0.15) is 5.75 Å². The lowest BCUT2D eigenvalue weighted by Crippen LogP contribution is -2.41. The molecular formula is C22H29ClN2O4S. The molecule has 30 heavy (non-hydrogen) atoms. The van der Waals surface area contributed by atoms with Crippen LogP contribution in [0.4, 0.5) is 0 Å². The number of nitrogens with one attached hydrogen (secondary N) is 1. The number of carbonyl (C=O) groups is 1. The number of hydrogen-bond donors (Lipinski definition) is 1. The van der Waals surface area contributed by atoms with Gasteiger partial charge in [0.15, 0.2) is 0 Å². The average Bonchev–Trinajstić information content (AvgIpc) is 2.67. The van der Waals surface area contributed by atoms with Crippen LogP contribution >= 0.6 is 11.6 Å². The predicted molar refractivity (Wildman–Crippen MR) is 119 cm³/mol. The van der Waals surface area contributed by atoms with Crippen molar-refractivity contribution in [1.82, 2.24) is 9.62 Å². The van der Waals surface area contributed by atoms with Crippen LogP contribution in [-0.2, 0) is 21.2 Å². The number of amides is 1. The number of sulfonamides is 1. The van der Waals surface area contributed by atoms with Crippen molar-refractivity contribution in [3.05, 3.63) is 59.1 Å². The summed E-state index contributed by atoms with van der Waals surface area (Å²) in [5.74, 6) is 0.489. The molecule has 8 heteroatoms. The van der Waals surface area contributed by atoms with Crippen LogP contribution in [0.15, 0.2) is 53.4 Å². The van der Waals surface area contributed by atoms with E-state index in [2.05, 4.69) is 5.32 Å². The highest BCUT2D eigenvalue weighted by Gasteiger charge is 2.23. The van der Waals surface area contributed by atoms with Gasteiger partial charge in [-0.05, 0) is 75.6 Å². The van der Waals surface area contributed by atoms with Crippen molar-refractivity contribution in [1.29, 1.82) is 0 Å². The summed E-state index contributed by atoms with van der Waals surface area (Å²) in [6.45, 7) is 5.62. The van der Waals surface area contributed by atoms with Crippen molar-refractivity contribution in [2.45, 2.75) is 50.7 Å². The van der Waals surface area contributed by atoms with E-state index in [1.165, 1.54) is 31.3 Å². The van der Waals surface area contributed by atoms with Gasteiger partial charge in [-0.3, -0.25) is 4.79 Å². The fourth-order valence-corrected chi connectivity index (χ4v) is 4.11. The van der Waals surface area contributed by atoms with Crippen LogP contribution in [0, 0.1) is 0 Å². The first-order valence-corrected chi connectivity index (χ1v) is 11.7. The molecule has 1 atom stereocenters. The van der Waals surface area contributed by atoms with E-state index >= 15 is 0 Å². The van der Waals surface area contributed by atoms with Gasteiger partial charge in [0, 0.05) is 18.1 Å². The van der Waals surface area contributed by atoms with Gasteiger partial charge in [0.25, 0.3) is 0 Å². The standard InChI is InChI=1S/C22H29ClN2O4S/c1-16(2)29-20-11-7-18(8-12-20)6-5-17(3)24-22(26)15-25(4)30(27,28)21-13-9-19(23)10-14-21/h7-14,16-17H,5-6,15H2,1-4H3,(H,24,26). The molecule has 164 valence electrons. The lowest BCUT2D eigenvalue weighted by molar-refractivity contribution is -0.121. The Hall–Kier alpha value is -2.09. The van der Waals surface area contributed by atoms with Gasteiger partial charge in [0.05, 0.1) is 17.5 Å². The number of ether oxygens (including phenoxy) is 1. The highest BCUT2D eigenvalue weighted by atomic mass is 35.5. The molecule has 1 N–H and O–H groups in total.